The van der Waals surface area contributed by atoms with Crippen LogP contribution in [0.25, 0.3) is 0 Å². The van der Waals surface area contributed by atoms with E-state index in [4.69, 9.17) is 16.3 Å². The van der Waals surface area contributed by atoms with Gasteiger partial charge in [-0.05, 0) is 61.7 Å². The highest BCUT2D eigenvalue weighted by Crippen LogP contribution is 2.69. The van der Waals surface area contributed by atoms with Gasteiger partial charge in [0.05, 0.1) is 46.5 Å². The second kappa shape index (κ2) is 15.0. The molecule has 50 heavy (non-hydrogen) atoms. The third kappa shape index (κ3) is 6.08. The Hall–Kier alpha value is -3.57. The third-order valence-corrected chi connectivity index (χ3v) is 13.5. The van der Waals surface area contributed by atoms with E-state index < -0.39 is 35.3 Å². The maximum absolute atomic E-state index is 15.3. The number of para-hydroxylation sites is 1. The minimum absolute atomic E-state index is 0.147. The molecule has 0 aliphatic carbocycles. The lowest BCUT2D eigenvalue weighted by Crippen LogP contribution is -2.57. The molecule has 7 atom stereocenters. The summed E-state index contributed by atoms with van der Waals surface area (Å²) >= 11 is 12.2. The zero-order valence-electron chi connectivity index (χ0n) is 28.1. The minimum atomic E-state index is -1.01. The van der Waals surface area contributed by atoms with Gasteiger partial charge in [0.15, 0.2) is 0 Å². The fraction of sp³-hybridized carbons (Fsp3) is 0.359. The first-order valence-corrected chi connectivity index (χ1v) is 18.9. The fourth-order valence-electron chi connectivity index (χ4n) is 8.05. The Kier molecular flexibility index (Phi) is 10.8. The summed E-state index contributed by atoms with van der Waals surface area (Å²) in [5.74, 6) is -1.75. The number of benzene rings is 3. The average Bonchev–Trinajstić information content (AvgIpc) is 3.71. The SMILES string of the molecule is C=CCN(C(=O)[C@H]1[C@H]2C(=O)N([C@H](CO)c3ccccc3)C(C(=O)N(CC=C)c3c(C)cccc3Cl)C23CC(Br)[C@@H]1S3)c1ccc(OCC)cc1. The fourth-order valence-corrected chi connectivity index (χ4v) is 12.0. The van der Waals surface area contributed by atoms with Gasteiger partial charge in [-0.1, -0.05) is 82.1 Å². The number of hydrogen-bond donors (Lipinski definition) is 1. The summed E-state index contributed by atoms with van der Waals surface area (Å²) < 4.78 is 4.66. The largest absolute Gasteiger partial charge is 0.494 e. The molecule has 11 heteroatoms. The molecule has 0 saturated carbocycles. The summed E-state index contributed by atoms with van der Waals surface area (Å²) in [6.07, 6.45) is 3.79. The number of ether oxygens (including phenoxy) is 1. The first-order valence-electron chi connectivity index (χ1n) is 16.8. The second-order valence-electron chi connectivity index (χ2n) is 12.8. The molecule has 8 nitrogen and oxygen atoms in total. The molecule has 262 valence electrons. The average molecular weight is 779 g/mol. The van der Waals surface area contributed by atoms with Crippen molar-refractivity contribution in [3.05, 3.63) is 114 Å². The van der Waals surface area contributed by atoms with Gasteiger partial charge in [0.1, 0.15) is 11.8 Å². The van der Waals surface area contributed by atoms with E-state index in [0.29, 0.717) is 40.7 Å². The first kappa shape index (κ1) is 36.2. The van der Waals surface area contributed by atoms with Gasteiger partial charge in [-0.15, -0.1) is 24.9 Å². The van der Waals surface area contributed by atoms with Crippen LogP contribution in [0.1, 0.15) is 30.5 Å². The van der Waals surface area contributed by atoms with Gasteiger partial charge >= 0.3 is 0 Å². The molecule has 3 aliphatic heterocycles. The van der Waals surface area contributed by atoms with E-state index in [2.05, 4.69) is 29.1 Å². The Bertz CT molecular complexity index is 1760. The van der Waals surface area contributed by atoms with E-state index >= 15 is 9.59 Å². The van der Waals surface area contributed by atoms with E-state index in [-0.39, 0.29) is 40.9 Å². The van der Waals surface area contributed by atoms with Gasteiger partial charge in [-0.25, -0.2) is 0 Å². The molecule has 2 bridgehead atoms. The molecular weight excluding hydrogens is 738 g/mol. The molecule has 3 amide bonds. The highest BCUT2D eigenvalue weighted by atomic mass is 79.9. The lowest BCUT2D eigenvalue weighted by atomic mass is 9.70. The number of carbonyl (C=O) groups excluding carboxylic acids is 3. The van der Waals surface area contributed by atoms with Crippen LogP contribution in [-0.2, 0) is 14.4 Å². The second-order valence-corrected chi connectivity index (χ2v) is 15.9. The lowest BCUT2D eigenvalue weighted by Gasteiger charge is -2.40. The van der Waals surface area contributed by atoms with Crippen molar-refractivity contribution < 1.29 is 24.2 Å². The number of alkyl halides is 1. The monoisotopic (exact) mass is 777 g/mol. The highest BCUT2D eigenvalue weighted by molar-refractivity contribution is 9.09. The normalized spacial score (nSPS) is 25.6. The van der Waals surface area contributed by atoms with E-state index in [1.54, 1.807) is 44.7 Å². The first-order chi connectivity index (χ1) is 24.1. The molecule has 3 unspecified atom stereocenters. The van der Waals surface area contributed by atoms with Gasteiger partial charge < -0.3 is 24.5 Å². The smallest absolute Gasteiger partial charge is 0.251 e. The van der Waals surface area contributed by atoms with Crippen molar-refractivity contribution in [3.8, 4) is 5.75 Å². The van der Waals surface area contributed by atoms with Gasteiger partial charge in [0.2, 0.25) is 11.8 Å². The molecule has 3 fully saturated rings. The van der Waals surface area contributed by atoms with Crippen LogP contribution in [0, 0.1) is 18.8 Å². The van der Waals surface area contributed by atoms with Crippen molar-refractivity contribution in [2.24, 2.45) is 11.8 Å². The van der Waals surface area contributed by atoms with Gasteiger partial charge in [-0.3, -0.25) is 14.4 Å². The standard InChI is InChI=1S/C39H41BrClN3O5S/c1-5-20-42(26-16-18-27(19-17-26)49-7-3)36(46)31-32-37(47)44(30(23-45)25-13-9-8-10-14-25)35(39(32)22-28(40)34(31)50-39)38(48)43(21-6-2)33-24(4)12-11-15-29(33)41/h5-6,8-19,28,30-32,34-35,45H,1-2,7,20-23H2,3-4H3/t28?,30-,31+,32+,34+,35?,39?/m1/s1. The van der Waals surface area contributed by atoms with Crippen LogP contribution in [0.4, 0.5) is 11.4 Å². The van der Waals surface area contributed by atoms with Crippen LogP contribution in [0.5, 0.6) is 5.75 Å². The number of rotatable bonds is 13. The predicted octanol–water partition coefficient (Wildman–Crippen LogP) is 6.98. The molecule has 1 N–H and O–H groups in total. The molecule has 3 aromatic rings. The number of amides is 3. The van der Waals surface area contributed by atoms with Crippen LogP contribution >= 0.6 is 39.3 Å². The van der Waals surface area contributed by atoms with E-state index in [1.807, 2.05) is 80.6 Å². The number of nitrogens with zero attached hydrogens (tertiary/aromatic N) is 3. The van der Waals surface area contributed by atoms with Crippen molar-refractivity contribution in [1.82, 2.24) is 4.90 Å². The molecule has 3 aliphatic rings. The molecule has 3 saturated heterocycles. The molecule has 3 heterocycles. The van der Waals surface area contributed by atoms with E-state index in [0.717, 1.165) is 5.56 Å². The minimum Gasteiger partial charge on any atom is -0.494 e. The van der Waals surface area contributed by atoms with Crippen LogP contribution < -0.4 is 14.5 Å². The lowest BCUT2D eigenvalue weighted by molar-refractivity contribution is -0.142. The Morgan fingerprint density at radius 1 is 1.06 bits per heavy atom. The number of likely N-dealkylation sites (tertiary alicyclic amines) is 1. The number of carbonyl (C=O) groups is 3. The number of fused-ring (bicyclic) bond motifs is 1. The van der Waals surface area contributed by atoms with E-state index in [9.17, 15) is 9.90 Å². The van der Waals surface area contributed by atoms with Crippen molar-refractivity contribution in [2.75, 3.05) is 36.1 Å². The van der Waals surface area contributed by atoms with Gasteiger partial charge in [0.25, 0.3) is 5.91 Å². The van der Waals surface area contributed by atoms with Crippen molar-refractivity contribution >= 4 is 68.4 Å². The van der Waals surface area contributed by atoms with Crippen molar-refractivity contribution in [3.63, 3.8) is 0 Å². The van der Waals surface area contributed by atoms with Crippen molar-refractivity contribution in [1.29, 1.82) is 0 Å². The zero-order chi connectivity index (χ0) is 35.7. The maximum Gasteiger partial charge on any atom is 0.251 e. The zero-order valence-corrected chi connectivity index (χ0v) is 31.2. The number of aryl methyl sites for hydroxylation is 1. The number of halogens is 2. The number of thioether (sulfide) groups is 1. The summed E-state index contributed by atoms with van der Waals surface area (Å²) in [5.41, 5.74) is 2.69. The van der Waals surface area contributed by atoms with Crippen LogP contribution in [0.3, 0.4) is 0 Å². The third-order valence-electron chi connectivity index (χ3n) is 10.0. The van der Waals surface area contributed by atoms with Gasteiger partial charge in [0, 0.05) is 28.9 Å². The maximum atomic E-state index is 15.3. The Morgan fingerprint density at radius 3 is 2.36 bits per heavy atom. The molecule has 3 aromatic carbocycles. The summed E-state index contributed by atoms with van der Waals surface area (Å²) in [7, 11) is 0. The summed E-state index contributed by atoms with van der Waals surface area (Å²) in [5, 5.41) is 11.1. The summed E-state index contributed by atoms with van der Waals surface area (Å²) in [6, 6.07) is 20.2. The van der Waals surface area contributed by atoms with Crippen LogP contribution in [0.2, 0.25) is 5.02 Å². The number of hydrogen-bond acceptors (Lipinski definition) is 6. The number of aliphatic hydroxyl groups excluding tert-OH is 1. The Balaban J connectivity index is 1.49. The topological polar surface area (TPSA) is 90.4 Å². The number of anilines is 2. The molecule has 6 rings (SSSR count). The number of aliphatic hydroxyl groups is 1. The predicted molar refractivity (Wildman–Crippen MR) is 204 cm³/mol. The summed E-state index contributed by atoms with van der Waals surface area (Å²) in [6.45, 7) is 12.1. The van der Waals surface area contributed by atoms with Crippen molar-refractivity contribution in [2.45, 2.75) is 47.2 Å². The quantitative estimate of drug-likeness (QED) is 0.149. The Labute approximate surface area is 311 Å². The van der Waals surface area contributed by atoms with Gasteiger partial charge in [-0.2, -0.15) is 0 Å². The molecule has 0 radical (unpaired) electrons. The molecule has 0 aromatic heterocycles. The molecule has 1 spiro atoms. The highest BCUT2D eigenvalue weighted by Gasteiger charge is 2.76. The summed E-state index contributed by atoms with van der Waals surface area (Å²) in [4.78, 5) is 50.0. The molecular formula is C39H41BrClN3O5S. The van der Waals surface area contributed by atoms with E-state index in [1.165, 1.54) is 0 Å². The van der Waals surface area contributed by atoms with Crippen LogP contribution in [0.15, 0.2) is 98.1 Å². The van der Waals surface area contributed by atoms with Crippen LogP contribution in [-0.4, -0.2) is 74.9 Å². The Morgan fingerprint density at radius 2 is 1.74 bits per heavy atom.